The Morgan fingerprint density at radius 3 is 1.37 bits per heavy atom. The molecule has 160 valence electrons. The number of ether oxygens (including phenoxy) is 1. The van der Waals surface area contributed by atoms with E-state index in [0.717, 1.165) is 19.4 Å². The van der Waals surface area contributed by atoms with Gasteiger partial charge in [-0.15, -0.1) is 0 Å². The summed E-state index contributed by atoms with van der Waals surface area (Å²) < 4.78 is 5.31. The lowest BCUT2D eigenvalue weighted by molar-refractivity contribution is -0.154. The Balaban J connectivity index is 0. The number of nitrogens with two attached hydrogens (primary N) is 1. The summed E-state index contributed by atoms with van der Waals surface area (Å²) >= 11 is 0. The van der Waals surface area contributed by atoms with Gasteiger partial charge >= 0.3 is 5.97 Å². The second-order valence-corrected chi connectivity index (χ2v) is 8.30. The second kappa shape index (κ2) is 21.2. The summed E-state index contributed by atoms with van der Waals surface area (Å²) in [6.45, 7) is 8.05. The van der Waals surface area contributed by atoms with E-state index in [1.54, 1.807) is 6.07 Å². The van der Waals surface area contributed by atoms with E-state index in [9.17, 15) is 4.79 Å². The largest absolute Gasteiger partial charge is 0.460 e. The van der Waals surface area contributed by atoms with Crippen LogP contribution in [0.4, 0.5) is 0 Å². The molecular weight excluding hydrogens is 336 g/mol. The van der Waals surface area contributed by atoms with Gasteiger partial charge in [0.2, 0.25) is 0 Å². The molecule has 0 unspecified atom stereocenters. The van der Waals surface area contributed by atoms with Crippen LogP contribution in [0.5, 0.6) is 0 Å². The van der Waals surface area contributed by atoms with E-state index in [1.807, 2.05) is 20.8 Å². The third-order valence-corrected chi connectivity index (χ3v) is 4.26. The van der Waals surface area contributed by atoms with Crippen molar-refractivity contribution >= 4 is 5.97 Å². The van der Waals surface area contributed by atoms with Crippen LogP contribution in [-0.4, -0.2) is 18.1 Å². The Bertz CT molecular complexity index is 356. The maximum atomic E-state index is 11.6. The van der Waals surface area contributed by atoms with Crippen molar-refractivity contribution in [3.8, 4) is 6.07 Å². The molecule has 0 bridgehead atoms. The second-order valence-electron chi connectivity index (χ2n) is 8.30. The summed E-state index contributed by atoms with van der Waals surface area (Å²) in [5.74, 6) is -0.0504. The Morgan fingerprint density at radius 1 is 0.778 bits per heavy atom. The molecule has 0 heterocycles. The molecule has 0 fully saturated rings. The van der Waals surface area contributed by atoms with Gasteiger partial charge in [0.1, 0.15) is 5.60 Å². The van der Waals surface area contributed by atoms with Crippen LogP contribution in [-0.2, 0) is 9.53 Å². The molecule has 0 amide bonds. The van der Waals surface area contributed by atoms with Crippen LogP contribution < -0.4 is 5.73 Å². The molecule has 0 saturated heterocycles. The number of nitriles is 1. The molecule has 0 aromatic carbocycles. The van der Waals surface area contributed by atoms with E-state index in [0.29, 0.717) is 6.42 Å². The summed E-state index contributed by atoms with van der Waals surface area (Å²) in [6.07, 6.45) is 18.8. The van der Waals surface area contributed by atoms with E-state index < -0.39 is 0 Å². The minimum absolute atomic E-state index is 0.0504. The quantitative estimate of drug-likeness (QED) is 0.239. The zero-order valence-electron chi connectivity index (χ0n) is 18.7. The molecule has 0 aromatic heterocycles. The van der Waals surface area contributed by atoms with Crippen LogP contribution in [0.25, 0.3) is 0 Å². The van der Waals surface area contributed by atoms with Crippen molar-refractivity contribution < 1.29 is 9.53 Å². The first kappa shape index (κ1) is 28.1. The molecule has 0 saturated carbocycles. The number of esters is 1. The summed E-state index contributed by atoms with van der Waals surface area (Å²) in [4.78, 5) is 11.6. The SMILES string of the molecule is CC#N.CC(C)(C)OC(=O)CCCCCCCCCCCCCCCCN. The van der Waals surface area contributed by atoms with E-state index in [1.165, 1.54) is 84.0 Å². The molecule has 0 atom stereocenters. The smallest absolute Gasteiger partial charge is 0.306 e. The standard InChI is InChI=1S/C21H43NO2.C2H3N/c1-21(2,3)24-20(23)18-16-14-12-10-8-6-4-5-7-9-11-13-15-17-19-22;1-2-3/h4-19,22H2,1-3H3;1H3. The van der Waals surface area contributed by atoms with Crippen molar-refractivity contribution in [1.29, 1.82) is 5.26 Å². The van der Waals surface area contributed by atoms with Gasteiger partial charge in [-0.2, -0.15) is 5.26 Å². The number of hydrogen-bond donors (Lipinski definition) is 1. The molecule has 0 aliphatic heterocycles. The number of nitrogens with zero attached hydrogens (tertiary/aromatic N) is 1. The first-order valence-electron chi connectivity index (χ1n) is 11.1. The highest BCUT2D eigenvalue weighted by Gasteiger charge is 2.15. The third kappa shape index (κ3) is 29.9. The van der Waals surface area contributed by atoms with Gasteiger partial charge in [-0.1, -0.05) is 77.0 Å². The van der Waals surface area contributed by atoms with Gasteiger partial charge in [0.25, 0.3) is 0 Å². The van der Waals surface area contributed by atoms with E-state index >= 15 is 0 Å². The van der Waals surface area contributed by atoms with Crippen molar-refractivity contribution in [2.75, 3.05) is 6.54 Å². The topological polar surface area (TPSA) is 76.1 Å². The highest BCUT2D eigenvalue weighted by Crippen LogP contribution is 2.14. The van der Waals surface area contributed by atoms with E-state index in [4.69, 9.17) is 15.7 Å². The van der Waals surface area contributed by atoms with Crippen LogP contribution in [0.1, 0.15) is 124 Å². The number of carbonyl (C=O) groups is 1. The fourth-order valence-corrected chi connectivity index (χ4v) is 2.93. The summed E-state index contributed by atoms with van der Waals surface area (Å²) in [5, 5.41) is 7.32. The lowest BCUT2D eigenvalue weighted by Crippen LogP contribution is -2.23. The molecule has 0 aliphatic rings. The van der Waals surface area contributed by atoms with Crippen molar-refractivity contribution in [1.82, 2.24) is 0 Å². The minimum atomic E-state index is -0.346. The number of hydrogen-bond acceptors (Lipinski definition) is 4. The van der Waals surface area contributed by atoms with Gasteiger partial charge in [0, 0.05) is 13.3 Å². The van der Waals surface area contributed by atoms with E-state index in [2.05, 4.69) is 0 Å². The highest BCUT2D eigenvalue weighted by molar-refractivity contribution is 5.69. The van der Waals surface area contributed by atoms with Crippen LogP contribution in [0.2, 0.25) is 0 Å². The summed E-state index contributed by atoms with van der Waals surface area (Å²) in [6, 6.07) is 1.75. The number of rotatable bonds is 16. The first-order valence-corrected chi connectivity index (χ1v) is 11.1. The minimum Gasteiger partial charge on any atom is -0.460 e. The molecule has 4 heteroatoms. The van der Waals surface area contributed by atoms with Gasteiger partial charge in [-0.25, -0.2) is 0 Å². The molecule has 0 aromatic rings. The van der Waals surface area contributed by atoms with Crippen LogP contribution in [0, 0.1) is 11.3 Å². The first-order chi connectivity index (χ1) is 12.9. The Kier molecular flexibility index (Phi) is 22.1. The fourth-order valence-electron chi connectivity index (χ4n) is 2.93. The zero-order chi connectivity index (χ0) is 20.8. The Morgan fingerprint density at radius 2 is 1.07 bits per heavy atom. The predicted octanol–water partition coefficient (Wildman–Crippen LogP) is 6.67. The van der Waals surface area contributed by atoms with Crippen LogP contribution in [0.3, 0.4) is 0 Å². The monoisotopic (exact) mass is 382 g/mol. The lowest BCUT2D eigenvalue weighted by atomic mass is 10.0. The lowest BCUT2D eigenvalue weighted by Gasteiger charge is -2.19. The van der Waals surface area contributed by atoms with E-state index in [-0.39, 0.29) is 11.6 Å². The van der Waals surface area contributed by atoms with Crippen LogP contribution >= 0.6 is 0 Å². The Hall–Kier alpha value is -1.08. The summed E-state index contributed by atoms with van der Waals surface area (Å²) in [7, 11) is 0. The molecule has 27 heavy (non-hydrogen) atoms. The molecule has 4 nitrogen and oxygen atoms in total. The zero-order valence-corrected chi connectivity index (χ0v) is 18.7. The van der Waals surface area contributed by atoms with Crippen molar-refractivity contribution in [2.24, 2.45) is 5.73 Å². The fraction of sp³-hybridized carbons (Fsp3) is 0.913. The van der Waals surface area contributed by atoms with Crippen molar-refractivity contribution in [3.05, 3.63) is 0 Å². The number of carbonyl (C=O) groups excluding carboxylic acids is 1. The van der Waals surface area contributed by atoms with Crippen molar-refractivity contribution in [3.63, 3.8) is 0 Å². The average molecular weight is 383 g/mol. The van der Waals surface area contributed by atoms with Gasteiger partial charge in [0.15, 0.2) is 0 Å². The third-order valence-electron chi connectivity index (χ3n) is 4.26. The maximum Gasteiger partial charge on any atom is 0.306 e. The predicted molar refractivity (Wildman–Crippen MR) is 115 cm³/mol. The normalized spacial score (nSPS) is 10.7. The van der Waals surface area contributed by atoms with Crippen molar-refractivity contribution in [2.45, 2.75) is 130 Å². The molecular formula is C23H46N2O2. The van der Waals surface area contributed by atoms with Gasteiger partial charge in [0.05, 0.1) is 6.07 Å². The highest BCUT2D eigenvalue weighted by atomic mass is 16.6. The van der Waals surface area contributed by atoms with Gasteiger partial charge in [-0.05, 0) is 40.2 Å². The van der Waals surface area contributed by atoms with Crippen LogP contribution in [0.15, 0.2) is 0 Å². The molecule has 0 rings (SSSR count). The number of unbranched alkanes of at least 4 members (excludes halogenated alkanes) is 13. The molecule has 0 spiro atoms. The summed E-state index contributed by atoms with van der Waals surface area (Å²) in [5.41, 5.74) is 5.14. The van der Waals surface area contributed by atoms with Gasteiger partial charge < -0.3 is 10.5 Å². The van der Waals surface area contributed by atoms with Gasteiger partial charge in [-0.3, -0.25) is 4.79 Å². The average Bonchev–Trinajstić information content (AvgIpc) is 2.57. The maximum absolute atomic E-state index is 11.6. The Labute approximate surface area is 169 Å². The molecule has 0 radical (unpaired) electrons. The molecule has 2 N–H and O–H groups in total. The molecule has 0 aliphatic carbocycles.